The number of nitrogens with one attached hydrogen (secondary N) is 1. The first kappa shape index (κ1) is 16.3. The molecule has 17 heavy (non-hydrogen) atoms. The highest BCUT2D eigenvalue weighted by Crippen LogP contribution is 2.33. The molecule has 0 heterocycles. The van der Waals surface area contributed by atoms with E-state index >= 15 is 0 Å². The van der Waals surface area contributed by atoms with Gasteiger partial charge in [0.05, 0.1) is 6.61 Å². The Bertz CT molecular complexity index is 232. The lowest BCUT2D eigenvalue weighted by atomic mass is 9.72. The summed E-state index contributed by atoms with van der Waals surface area (Å²) in [5, 5.41) is 2.99. The van der Waals surface area contributed by atoms with Crippen LogP contribution in [0.3, 0.4) is 0 Å². The quantitative estimate of drug-likeness (QED) is 0.818. The number of amides is 1. The highest BCUT2D eigenvalue weighted by molar-refractivity contribution is 5.67. The molecule has 3 heteroatoms. The Hall–Kier alpha value is -0.730. The van der Waals surface area contributed by atoms with Gasteiger partial charge in [0.15, 0.2) is 0 Å². The second kappa shape index (κ2) is 5.74. The molecule has 0 unspecified atom stereocenters. The van der Waals surface area contributed by atoms with Crippen LogP contribution in [0, 0.1) is 16.7 Å². The van der Waals surface area contributed by atoms with Gasteiger partial charge in [-0.05, 0) is 16.7 Å². The Balaban J connectivity index is 4.52. The molecule has 0 atom stereocenters. The van der Waals surface area contributed by atoms with Gasteiger partial charge < -0.3 is 10.1 Å². The van der Waals surface area contributed by atoms with Crippen LogP contribution in [0.1, 0.15) is 55.4 Å². The topological polar surface area (TPSA) is 38.3 Å². The van der Waals surface area contributed by atoms with E-state index in [0.29, 0.717) is 12.5 Å². The molecular formula is C14H29NO2. The summed E-state index contributed by atoms with van der Waals surface area (Å²) >= 11 is 0. The first-order valence-corrected chi connectivity index (χ1v) is 6.38. The first-order chi connectivity index (χ1) is 7.44. The van der Waals surface area contributed by atoms with Gasteiger partial charge >= 0.3 is 6.09 Å². The van der Waals surface area contributed by atoms with Crippen molar-refractivity contribution >= 4 is 6.09 Å². The molecule has 102 valence electrons. The van der Waals surface area contributed by atoms with Crippen molar-refractivity contribution in [3.63, 3.8) is 0 Å². The lowest BCUT2D eigenvalue weighted by Crippen LogP contribution is -2.51. The lowest BCUT2D eigenvalue weighted by molar-refractivity contribution is 0.0944. The maximum Gasteiger partial charge on any atom is 0.407 e. The maximum atomic E-state index is 11.7. The van der Waals surface area contributed by atoms with Crippen molar-refractivity contribution in [3.05, 3.63) is 0 Å². The largest absolute Gasteiger partial charge is 0.449 e. The molecule has 0 saturated carbocycles. The zero-order valence-corrected chi connectivity index (χ0v) is 12.7. The van der Waals surface area contributed by atoms with Gasteiger partial charge in [0, 0.05) is 6.04 Å². The number of rotatable bonds is 3. The van der Waals surface area contributed by atoms with E-state index < -0.39 is 0 Å². The highest BCUT2D eigenvalue weighted by atomic mass is 16.5. The van der Waals surface area contributed by atoms with Crippen LogP contribution in [0.4, 0.5) is 4.79 Å². The second-order valence-electron chi connectivity index (χ2n) is 7.30. The first-order valence-electron chi connectivity index (χ1n) is 6.38. The Morgan fingerprint density at radius 1 is 1.06 bits per heavy atom. The molecule has 0 saturated heterocycles. The number of hydrogen-bond donors (Lipinski definition) is 1. The molecule has 0 spiro atoms. The molecule has 0 radical (unpaired) electrons. The maximum absolute atomic E-state index is 11.7. The smallest absolute Gasteiger partial charge is 0.407 e. The van der Waals surface area contributed by atoms with E-state index in [9.17, 15) is 4.79 Å². The van der Waals surface area contributed by atoms with Crippen molar-refractivity contribution in [2.75, 3.05) is 6.61 Å². The van der Waals surface area contributed by atoms with Crippen molar-refractivity contribution < 1.29 is 9.53 Å². The predicted molar refractivity (Wildman–Crippen MR) is 72.0 cm³/mol. The minimum Gasteiger partial charge on any atom is -0.449 e. The van der Waals surface area contributed by atoms with E-state index in [1.165, 1.54) is 0 Å². The summed E-state index contributed by atoms with van der Waals surface area (Å²) in [5.74, 6) is 0.364. The van der Waals surface area contributed by atoms with E-state index in [4.69, 9.17) is 4.74 Å². The Morgan fingerprint density at radius 3 is 1.76 bits per heavy atom. The third-order valence-electron chi connectivity index (χ3n) is 2.54. The minimum atomic E-state index is -0.312. The van der Waals surface area contributed by atoms with Gasteiger partial charge in [-0.1, -0.05) is 55.4 Å². The summed E-state index contributed by atoms with van der Waals surface area (Å²) in [6.07, 6.45) is -0.312. The van der Waals surface area contributed by atoms with Crippen LogP contribution in [0.5, 0.6) is 0 Å². The molecule has 1 amide bonds. The van der Waals surface area contributed by atoms with Crippen LogP contribution in [-0.4, -0.2) is 18.7 Å². The van der Waals surface area contributed by atoms with Gasteiger partial charge in [-0.25, -0.2) is 4.79 Å². The molecule has 0 bridgehead atoms. The number of alkyl carbamates (subject to hydrolysis) is 1. The van der Waals surface area contributed by atoms with Crippen LogP contribution in [0.15, 0.2) is 0 Å². The molecule has 0 aromatic carbocycles. The van der Waals surface area contributed by atoms with Gasteiger partial charge in [0.25, 0.3) is 0 Å². The number of carbonyl (C=O) groups is 1. The third kappa shape index (κ3) is 6.54. The van der Waals surface area contributed by atoms with E-state index in [0.717, 1.165) is 0 Å². The molecule has 0 aromatic rings. The number of carbonyl (C=O) groups excluding carboxylic acids is 1. The zero-order chi connectivity index (χ0) is 13.9. The molecule has 0 aliphatic rings. The summed E-state index contributed by atoms with van der Waals surface area (Å²) in [6, 6.07) is 0.0784. The summed E-state index contributed by atoms with van der Waals surface area (Å²) in [5.41, 5.74) is 0.0181. The fourth-order valence-electron chi connectivity index (χ4n) is 2.13. The molecule has 1 N–H and O–H groups in total. The summed E-state index contributed by atoms with van der Waals surface area (Å²) in [7, 11) is 0. The van der Waals surface area contributed by atoms with Crippen molar-refractivity contribution in [1.82, 2.24) is 5.32 Å². The van der Waals surface area contributed by atoms with Gasteiger partial charge in [-0.3, -0.25) is 0 Å². The zero-order valence-electron chi connectivity index (χ0n) is 12.7. The fourth-order valence-corrected chi connectivity index (χ4v) is 2.13. The molecular weight excluding hydrogens is 214 g/mol. The summed E-state index contributed by atoms with van der Waals surface area (Å²) in [4.78, 5) is 11.7. The summed E-state index contributed by atoms with van der Waals surface area (Å²) < 4.78 is 5.17. The average molecular weight is 243 g/mol. The number of hydrogen-bond acceptors (Lipinski definition) is 2. The van der Waals surface area contributed by atoms with Crippen molar-refractivity contribution in [2.45, 2.75) is 61.4 Å². The van der Waals surface area contributed by atoms with E-state index in [1.54, 1.807) is 0 Å². The van der Waals surface area contributed by atoms with Crippen LogP contribution in [-0.2, 0) is 4.74 Å². The lowest BCUT2D eigenvalue weighted by Gasteiger charge is -2.40. The Morgan fingerprint density at radius 2 is 1.47 bits per heavy atom. The van der Waals surface area contributed by atoms with Gasteiger partial charge in [0.1, 0.15) is 0 Å². The molecule has 0 fully saturated rings. The van der Waals surface area contributed by atoms with Crippen LogP contribution in [0.25, 0.3) is 0 Å². The molecule has 0 rings (SSSR count). The normalized spacial score (nSPS) is 13.1. The third-order valence-corrected chi connectivity index (χ3v) is 2.54. The standard InChI is InChI=1S/C14H29NO2/c1-10(2)9-17-12(16)15-11(13(3,4)5)14(6,7)8/h10-11H,9H2,1-8H3,(H,15,16). The van der Waals surface area contributed by atoms with Gasteiger partial charge in [-0.15, -0.1) is 0 Å². The Kier molecular flexibility index (Phi) is 5.50. The van der Waals surface area contributed by atoms with Crippen molar-refractivity contribution in [1.29, 1.82) is 0 Å². The molecule has 0 aromatic heterocycles. The minimum absolute atomic E-state index is 0.00903. The fraction of sp³-hybridized carbons (Fsp3) is 0.929. The van der Waals surface area contributed by atoms with E-state index in [-0.39, 0.29) is 23.0 Å². The van der Waals surface area contributed by atoms with E-state index in [1.807, 2.05) is 13.8 Å². The van der Waals surface area contributed by atoms with Crippen LogP contribution >= 0.6 is 0 Å². The molecule has 0 aliphatic carbocycles. The average Bonchev–Trinajstić information content (AvgIpc) is 2.07. The van der Waals surface area contributed by atoms with Gasteiger partial charge in [-0.2, -0.15) is 0 Å². The summed E-state index contributed by atoms with van der Waals surface area (Å²) in [6.45, 7) is 17.3. The monoisotopic (exact) mass is 243 g/mol. The molecule has 3 nitrogen and oxygen atoms in total. The second-order valence-corrected chi connectivity index (χ2v) is 7.30. The van der Waals surface area contributed by atoms with Crippen molar-refractivity contribution in [3.8, 4) is 0 Å². The predicted octanol–water partition coefficient (Wildman–Crippen LogP) is 3.83. The SMILES string of the molecule is CC(C)COC(=O)NC(C(C)(C)C)C(C)(C)C. The number of ether oxygens (including phenoxy) is 1. The molecule has 0 aliphatic heterocycles. The van der Waals surface area contributed by atoms with E-state index in [2.05, 4.69) is 46.9 Å². The van der Waals surface area contributed by atoms with Crippen molar-refractivity contribution in [2.24, 2.45) is 16.7 Å². The van der Waals surface area contributed by atoms with Crippen LogP contribution in [0.2, 0.25) is 0 Å². The van der Waals surface area contributed by atoms with Crippen LogP contribution < -0.4 is 5.32 Å². The Labute approximate surface area is 106 Å². The highest BCUT2D eigenvalue weighted by Gasteiger charge is 2.36. The van der Waals surface area contributed by atoms with Gasteiger partial charge in [0.2, 0.25) is 0 Å².